The van der Waals surface area contributed by atoms with Crippen LogP contribution in [0.2, 0.25) is 0 Å². The Morgan fingerprint density at radius 1 is 0.593 bits per heavy atom. The molecule has 8 atom stereocenters. The van der Waals surface area contributed by atoms with Crippen molar-refractivity contribution in [1.29, 1.82) is 0 Å². The summed E-state index contributed by atoms with van der Waals surface area (Å²) >= 11 is 0. The summed E-state index contributed by atoms with van der Waals surface area (Å²) in [6.07, 6.45) is 7.45. The van der Waals surface area contributed by atoms with Crippen molar-refractivity contribution in [3.8, 4) is 33.6 Å². The van der Waals surface area contributed by atoms with Crippen LogP contribution < -0.4 is 10.6 Å². The third-order valence-electron chi connectivity index (χ3n) is 11.8. The molecule has 8 rings (SSSR count). The first kappa shape index (κ1) is 35.8. The molecule has 2 saturated heterocycles. The van der Waals surface area contributed by atoms with E-state index in [9.17, 15) is 19.2 Å². The van der Waals surface area contributed by atoms with E-state index >= 15 is 0 Å². The van der Waals surface area contributed by atoms with E-state index in [1.807, 2.05) is 49.9 Å². The van der Waals surface area contributed by atoms with Gasteiger partial charge in [-0.25, -0.2) is 9.97 Å². The van der Waals surface area contributed by atoms with Crippen LogP contribution in [0.1, 0.15) is 91.0 Å². The number of nitrogens with zero attached hydrogens (tertiary/aromatic N) is 4. The second kappa shape index (κ2) is 13.9. The van der Waals surface area contributed by atoms with Gasteiger partial charge in [-0.05, 0) is 71.6 Å². The Morgan fingerprint density at radius 3 is 1.28 bits per heavy atom. The summed E-state index contributed by atoms with van der Waals surface area (Å²) < 4.78 is 0. The third kappa shape index (κ3) is 6.71. The molecule has 282 valence electrons. The molecule has 4 fully saturated rings. The van der Waals surface area contributed by atoms with Crippen LogP contribution in [0.15, 0.2) is 60.9 Å². The number of rotatable bonds is 11. The zero-order chi connectivity index (χ0) is 38.0. The van der Waals surface area contributed by atoms with E-state index in [4.69, 9.17) is 9.97 Å². The number of nitrogens with one attached hydrogen (secondary N) is 4. The van der Waals surface area contributed by atoms with Crippen LogP contribution in [0.4, 0.5) is 0 Å². The summed E-state index contributed by atoms with van der Waals surface area (Å²) in [4.78, 5) is 71.6. The Morgan fingerprint density at radius 2 is 0.944 bits per heavy atom. The number of fused-ring (bicyclic) bond motifs is 2. The average molecular weight is 731 g/mol. The summed E-state index contributed by atoms with van der Waals surface area (Å²) in [5.74, 6) is 2.05. The molecule has 4 N–H and O–H groups in total. The highest BCUT2D eigenvalue weighted by atomic mass is 16.2. The van der Waals surface area contributed by atoms with Crippen molar-refractivity contribution in [2.75, 3.05) is 0 Å². The van der Waals surface area contributed by atoms with Crippen LogP contribution in [0, 0.1) is 23.7 Å². The zero-order valence-corrected chi connectivity index (χ0v) is 31.8. The molecule has 2 saturated carbocycles. The first-order valence-electron chi connectivity index (χ1n) is 19.4. The van der Waals surface area contributed by atoms with Gasteiger partial charge in [0.05, 0.1) is 35.9 Å². The van der Waals surface area contributed by atoms with Gasteiger partial charge < -0.3 is 30.4 Å². The Labute approximate surface area is 315 Å². The predicted octanol–water partition coefficient (Wildman–Crippen LogP) is 5.78. The number of imidazole rings is 2. The van der Waals surface area contributed by atoms with Crippen molar-refractivity contribution in [2.24, 2.45) is 23.7 Å². The third-order valence-corrected chi connectivity index (χ3v) is 11.8. The lowest BCUT2D eigenvalue weighted by Gasteiger charge is -2.32. The van der Waals surface area contributed by atoms with Crippen LogP contribution in [0.5, 0.6) is 0 Å². The highest BCUT2D eigenvalue weighted by molar-refractivity contribution is 5.89. The largest absolute Gasteiger partial charge is 0.344 e. The number of H-pyrrole nitrogens is 2. The van der Waals surface area contributed by atoms with Crippen LogP contribution in [-0.2, 0) is 19.2 Å². The molecule has 0 radical (unpaired) electrons. The molecule has 2 aromatic carbocycles. The lowest BCUT2D eigenvalue weighted by atomic mass is 10.0. The molecule has 2 aliphatic carbocycles. The first-order chi connectivity index (χ1) is 25.9. The Kier molecular flexibility index (Phi) is 9.18. The minimum atomic E-state index is -0.552. The summed E-state index contributed by atoms with van der Waals surface area (Å²) in [7, 11) is 0. The van der Waals surface area contributed by atoms with Gasteiger partial charge >= 0.3 is 0 Å². The fourth-order valence-electron chi connectivity index (χ4n) is 8.81. The normalized spacial score (nSPS) is 25.0. The monoisotopic (exact) mass is 730 g/mol. The quantitative estimate of drug-likeness (QED) is 0.153. The molecular formula is C42H50N8O4. The number of piperidine rings is 2. The van der Waals surface area contributed by atoms with E-state index in [1.165, 1.54) is 13.8 Å². The molecule has 12 nitrogen and oxygen atoms in total. The summed E-state index contributed by atoms with van der Waals surface area (Å²) in [5.41, 5.74) is 5.97. The maximum Gasteiger partial charge on any atom is 0.246 e. The van der Waals surface area contributed by atoms with Crippen LogP contribution in [0.25, 0.3) is 33.6 Å². The van der Waals surface area contributed by atoms with Crippen molar-refractivity contribution in [3.63, 3.8) is 0 Å². The van der Waals surface area contributed by atoms with Crippen LogP contribution in [0.3, 0.4) is 0 Å². The minimum Gasteiger partial charge on any atom is -0.344 e. The number of aromatic amines is 2. The van der Waals surface area contributed by atoms with Crippen LogP contribution in [-0.4, -0.2) is 77.5 Å². The van der Waals surface area contributed by atoms with Gasteiger partial charge in [0.15, 0.2) is 0 Å². The SMILES string of the molecule is CC(=O)N[C@H](C(=O)N1[C@@H]2C[C@@H]2C[C@H]1c1ncc(-c2ccc(-c3ccc(-c4cnc([C@@H]5C[C@@H]6C[C@H]6N5C(=O)[C@@H](NC(C)=O)C(C)C)[nH]4)cc3)cc2)[nH]1)C(C)C. The molecule has 0 bridgehead atoms. The molecule has 4 amide bonds. The Bertz CT molecular complexity index is 1920. The van der Waals surface area contributed by atoms with E-state index in [1.54, 1.807) is 0 Å². The van der Waals surface area contributed by atoms with Crippen molar-refractivity contribution in [2.45, 2.75) is 103 Å². The fourth-order valence-corrected chi connectivity index (χ4v) is 8.81. The van der Waals surface area contributed by atoms with E-state index in [-0.39, 0.29) is 59.6 Å². The van der Waals surface area contributed by atoms with Gasteiger partial charge in [-0.3, -0.25) is 19.2 Å². The van der Waals surface area contributed by atoms with E-state index in [0.717, 1.165) is 71.0 Å². The maximum absolute atomic E-state index is 13.7. The molecule has 0 unspecified atom stereocenters. The number of aromatic nitrogens is 4. The van der Waals surface area contributed by atoms with Crippen LogP contribution >= 0.6 is 0 Å². The number of hydrogen-bond donors (Lipinski definition) is 4. The van der Waals surface area contributed by atoms with Gasteiger partial charge in [0.25, 0.3) is 0 Å². The smallest absolute Gasteiger partial charge is 0.246 e. The number of carbonyl (C=O) groups excluding carboxylic acids is 4. The summed E-state index contributed by atoms with van der Waals surface area (Å²) in [5, 5.41) is 5.74. The molecule has 2 aromatic heterocycles. The zero-order valence-electron chi connectivity index (χ0n) is 31.8. The number of hydrogen-bond acceptors (Lipinski definition) is 6. The maximum atomic E-state index is 13.7. The molecule has 0 spiro atoms. The highest BCUT2D eigenvalue weighted by Crippen LogP contribution is 2.54. The molecule has 2 aliphatic heterocycles. The molecule has 54 heavy (non-hydrogen) atoms. The molecule has 4 heterocycles. The number of carbonyl (C=O) groups is 4. The lowest BCUT2D eigenvalue weighted by Crippen LogP contribution is -2.51. The lowest BCUT2D eigenvalue weighted by molar-refractivity contribution is -0.139. The Balaban J connectivity index is 0.936. The van der Waals surface area contributed by atoms with Gasteiger partial charge in [-0.1, -0.05) is 76.2 Å². The Hall–Kier alpha value is -5.26. The van der Waals surface area contributed by atoms with Crippen molar-refractivity contribution < 1.29 is 19.2 Å². The predicted molar refractivity (Wildman–Crippen MR) is 204 cm³/mol. The number of benzene rings is 2. The van der Waals surface area contributed by atoms with Crippen molar-refractivity contribution in [1.82, 2.24) is 40.4 Å². The van der Waals surface area contributed by atoms with Gasteiger partial charge in [-0.15, -0.1) is 0 Å². The highest BCUT2D eigenvalue weighted by Gasteiger charge is 2.57. The van der Waals surface area contributed by atoms with Gasteiger partial charge in [0.2, 0.25) is 23.6 Å². The molecule has 4 aliphatic rings. The van der Waals surface area contributed by atoms with Gasteiger partial charge in [0, 0.05) is 25.9 Å². The summed E-state index contributed by atoms with van der Waals surface area (Å²) in [6.45, 7) is 10.8. The minimum absolute atomic E-state index is 0.0154. The number of likely N-dealkylation sites (tertiary alicyclic amines) is 2. The van der Waals surface area contributed by atoms with E-state index in [2.05, 4.69) is 69.1 Å². The van der Waals surface area contributed by atoms with Gasteiger partial charge in [0.1, 0.15) is 23.7 Å². The standard InChI is InChI=1S/C42H50N8O4/c1-21(2)37(45-23(5)51)41(53)49-33-15-29(33)17-35(49)39-43-19-31(47-39)27-11-7-25(8-12-27)26-9-13-28(14-10-26)32-20-44-40(48-32)36-18-30-16-34(30)50(36)42(54)38(22(3)4)46-24(6)52/h7-14,19-22,29-30,33-38H,15-18H2,1-6H3,(H,43,47)(H,44,48)(H,45,51)(H,46,52)/t29-,30+,33-,34-,35+,36+,37+,38+/m1/s1. The van der Waals surface area contributed by atoms with Crippen molar-refractivity contribution in [3.05, 3.63) is 72.6 Å². The fraction of sp³-hybridized carbons (Fsp3) is 0.476. The second-order valence-corrected chi connectivity index (χ2v) is 16.5. The van der Waals surface area contributed by atoms with E-state index in [0.29, 0.717) is 11.8 Å². The molecular weight excluding hydrogens is 681 g/mol. The first-order valence-corrected chi connectivity index (χ1v) is 19.4. The van der Waals surface area contributed by atoms with Crippen molar-refractivity contribution >= 4 is 23.6 Å². The molecule has 4 aromatic rings. The molecule has 12 heteroatoms. The number of amides is 4. The van der Waals surface area contributed by atoms with Gasteiger partial charge in [-0.2, -0.15) is 0 Å². The van der Waals surface area contributed by atoms with E-state index < -0.39 is 12.1 Å². The second-order valence-electron chi connectivity index (χ2n) is 16.5. The average Bonchev–Trinajstić information content (AvgIpc) is 3.74. The summed E-state index contributed by atoms with van der Waals surface area (Å²) in [6, 6.07) is 15.8. The topological polar surface area (TPSA) is 156 Å².